The van der Waals surface area contributed by atoms with Crippen LogP contribution in [0.2, 0.25) is 0 Å². The molecule has 0 radical (unpaired) electrons. The van der Waals surface area contributed by atoms with Crippen molar-refractivity contribution >= 4 is 23.1 Å². The van der Waals surface area contributed by atoms with Crippen molar-refractivity contribution in [1.82, 2.24) is 0 Å². The van der Waals surface area contributed by atoms with Crippen molar-refractivity contribution in [1.29, 1.82) is 0 Å². The van der Waals surface area contributed by atoms with Crippen LogP contribution in [0, 0.1) is 13.8 Å². The Morgan fingerprint density at radius 2 is 1.62 bits per heavy atom. The van der Waals surface area contributed by atoms with Crippen molar-refractivity contribution in [2.75, 3.05) is 25.7 Å². The lowest BCUT2D eigenvalue weighted by molar-refractivity contribution is -0.132. The number of anilines is 1. The molecule has 1 heterocycles. The minimum Gasteiger partial charge on any atom is -0.507 e. The van der Waals surface area contributed by atoms with Crippen molar-refractivity contribution in [3.05, 3.63) is 88.0 Å². The molecule has 1 unspecified atom stereocenters. The molecule has 7 nitrogen and oxygen atoms in total. The molecule has 1 aliphatic rings. The molecule has 0 spiro atoms. The van der Waals surface area contributed by atoms with Crippen molar-refractivity contribution in [3.8, 4) is 17.2 Å². The number of aryl methyl sites for hydroxylation is 2. The van der Waals surface area contributed by atoms with Crippen LogP contribution in [0.25, 0.3) is 5.76 Å². The Morgan fingerprint density at radius 3 is 2.26 bits per heavy atom. The lowest BCUT2D eigenvalue weighted by Crippen LogP contribution is -2.30. The Morgan fingerprint density at radius 1 is 0.923 bits per heavy atom. The smallest absolute Gasteiger partial charge is 0.300 e. The van der Waals surface area contributed by atoms with Gasteiger partial charge in [0.25, 0.3) is 11.7 Å². The van der Waals surface area contributed by atoms with Gasteiger partial charge in [0.15, 0.2) is 11.5 Å². The summed E-state index contributed by atoms with van der Waals surface area (Å²) in [5.74, 6) is 0.0958. The van der Waals surface area contributed by atoms with Gasteiger partial charge in [-0.25, -0.2) is 0 Å². The SMILES string of the molecule is CCOc1cc(C2/C(=C(\O)c3ccc(OC)c(C(C)C)c3)C(=O)C(=O)N2c2cc(C)ccc2C)ccc1OC. The fraction of sp³-hybridized carbons (Fsp3) is 0.312. The number of ketones is 1. The van der Waals surface area contributed by atoms with E-state index in [0.717, 1.165) is 16.7 Å². The van der Waals surface area contributed by atoms with Gasteiger partial charge in [-0.05, 0) is 85.3 Å². The molecule has 1 saturated heterocycles. The third kappa shape index (κ3) is 5.09. The molecule has 3 aromatic carbocycles. The van der Waals surface area contributed by atoms with E-state index in [1.165, 1.54) is 4.90 Å². The zero-order chi connectivity index (χ0) is 28.4. The van der Waals surface area contributed by atoms with E-state index >= 15 is 0 Å². The average molecular weight is 530 g/mol. The molecule has 204 valence electrons. The number of nitrogens with zero attached hydrogens (tertiary/aromatic N) is 1. The maximum Gasteiger partial charge on any atom is 0.300 e. The van der Waals surface area contributed by atoms with E-state index in [0.29, 0.717) is 40.7 Å². The molecule has 0 aromatic heterocycles. The normalized spacial score (nSPS) is 16.6. The monoisotopic (exact) mass is 529 g/mol. The number of methoxy groups -OCH3 is 2. The van der Waals surface area contributed by atoms with Crippen LogP contribution in [0.4, 0.5) is 5.69 Å². The van der Waals surface area contributed by atoms with Gasteiger partial charge in [0, 0.05) is 11.3 Å². The Labute approximate surface area is 229 Å². The van der Waals surface area contributed by atoms with Crippen molar-refractivity contribution < 1.29 is 28.9 Å². The second-order valence-electron chi connectivity index (χ2n) is 9.91. The van der Waals surface area contributed by atoms with Crippen molar-refractivity contribution in [2.24, 2.45) is 0 Å². The number of hydrogen-bond acceptors (Lipinski definition) is 6. The van der Waals surface area contributed by atoms with Crippen LogP contribution in [0.3, 0.4) is 0 Å². The zero-order valence-corrected chi connectivity index (χ0v) is 23.5. The molecule has 1 amide bonds. The Hall–Kier alpha value is -4.26. The van der Waals surface area contributed by atoms with Gasteiger partial charge in [-0.2, -0.15) is 0 Å². The molecule has 7 heteroatoms. The fourth-order valence-corrected chi connectivity index (χ4v) is 5.00. The van der Waals surface area contributed by atoms with Crippen LogP contribution in [-0.2, 0) is 9.59 Å². The minimum absolute atomic E-state index is 0.00777. The van der Waals surface area contributed by atoms with Crippen LogP contribution < -0.4 is 19.1 Å². The number of amides is 1. The Balaban J connectivity index is 2.01. The lowest BCUT2D eigenvalue weighted by Gasteiger charge is -2.27. The number of carbonyl (C=O) groups is 2. The van der Waals surface area contributed by atoms with E-state index in [9.17, 15) is 14.7 Å². The number of hydrogen-bond donors (Lipinski definition) is 1. The van der Waals surface area contributed by atoms with Gasteiger partial charge < -0.3 is 19.3 Å². The molecule has 39 heavy (non-hydrogen) atoms. The molecular formula is C32H35NO6. The summed E-state index contributed by atoms with van der Waals surface area (Å²) >= 11 is 0. The molecule has 4 rings (SSSR count). The quantitative estimate of drug-likeness (QED) is 0.205. The molecule has 3 aromatic rings. The summed E-state index contributed by atoms with van der Waals surface area (Å²) in [5, 5.41) is 11.7. The number of aliphatic hydroxyl groups excluding tert-OH is 1. The van der Waals surface area contributed by atoms with E-state index in [2.05, 4.69) is 0 Å². The number of Topliss-reactive ketones (excluding diaryl/α,β-unsaturated/α-hetero) is 1. The summed E-state index contributed by atoms with van der Waals surface area (Å²) in [5.41, 5.74) is 4.31. The van der Waals surface area contributed by atoms with Crippen LogP contribution >= 0.6 is 0 Å². The average Bonchev–Trinajstić information content (AvgIpc) is 3.19. The van der Waals surface area contributed by atoms with Crippen LogP contribution in [0.1, 0.15) is 60.5 Å². The predicted octanol–water partition coefficient (Wildman–Crippen LogP) is 6.47. The number of benzene rings is 3. The number of carbonyl (C=O) groups excluding carboxylic acids is 2. The van der Waals surface area contributed by atoms with E-state index in [1.54, 1.807) is 50.6 Å². The topological polar surface area (TPSA) is 85.3 Å². The summed E-state index contributed by atoms with van der Waals surface area (Å²) in [6.45, 7) is 10.1. The number of ether oxygens (including phenoxy) is 3. The molecule has 0 aliphatic carbocycles. The third-order valence-corrected chi connectivity index (χ3v) is 7.00. The maximum atomic E-state index is 13.7. The highest BCUT2D eigenvalue weighted by Gasteiger charge is 2.47. The molecule has 0 saturated carbocycles. The van der Waals surface area contributed by atoms with Crippen molar-refractivity contribution in [2.45, 2.75) is 46.6 Å². The number of rotatable bonds is 8. The number of aliphatic hydroxyl groups is 1. The van der Waals surface area contributed by atoms with Gasteiger partial charge in [0.2, 0.25) is 0 Å². The second-order valence-corrected chi connectivity index (χ2v) is 9.91. The van der Waals surface area contributed by atoms with Crippen LogP contribution in [-0.4, -0.2) is 37.6 Å². The molecular weight excluding hydrogens is 494 g/mol. The van der Waals surface area contributed by atoms with Gasteiger partial charge in [-0.1, -0.05) is 32.0 Å². The van der Waals surface area contributed by atoms with Crippen LogP contribution in [0.15, 0.2) is 60.2 Å². The van der Waals surface area contributed by atoms with Gasteiger partial charge in [0.1, 0.15) is 11.5 Å². The van der Waals surface area contributed by atoms with E-state index < -0.39 is 17.7 Å². The standard InChI is InChI=1S/C32H35NO6/c1-8-39-27-17-21(11-14-26(27)38-7)29-28(30(34)22-12-13-25(37-6)23(16-22)18(2)3)31(35)32(36)33(29)24-15-19(4)9-10-20(24)5/h9-18,29,34H,8H2,1-7H3/b30-28+. The first-order valence-electron chi connectivity index (χ1n) is 13.0. The lowest BCUT2D eigenvalue weighted by atomic mass is 9.92. The summed E-state index contributed by atoms with van der Waals surface area (Å²) in [7, 11) is 3.14. The molecule has 0 bridgehead atoms. The maximum absolute atomic E-state index is 13.7. The highest BCUT2D eigenvalue weighted by atomic mass is 16.5. The van der Waals surface area contributed by atoms with Crippen LogP contribution in [0.5, 0.6) is 17.2 Å². The highest BCUT2D eigenvalue weighted by molar-refractivity contribution is 6.51. The van der Waals surface area contributed by atoms with Gasteiger partial charge in [-0.15, -0.1) is 0 Å². The first-order valence-corrected chi connectivity index (χ1v) is 13.0. The largest absolute Gasteiger partial charge is 0.507 e. The van der Waals surface area contributed by atoms with E-state index in [4.69, 9.17) is 14.2 Å². The fourth-order valence-electron chi connectivity index (χ4n) is 5.00. The Bertz CT molecular complexity index is 1460. The third-order valence-electron chi connectivity index (χ3n) is 7.00. The first-order chi connectivity index (χ1) is 18.6. The minimum atomic E-state index is -0.889. The van der Waals surface area contributed by atoms with E-state index in [-0.39, 0.29) is 17.3 Å². The molecule has 1 aliphatic heterocycles. The summed E-state index contributed by atoms with van der Waals surface area (Å²) in [4.78, 5) is 28.8. The Kier molecular flexibility index (Phi) is 8.00. The van der Waals surface area contributed by atoms with Gasteiger partial charge >= 0.3 is 0 Å². The van der Waals surface area contributed by atoms with Gasteiger partial charge in [0.05, 0.1) is 32.4 Å². The molecule has 1 fully saturated rings. The molecule has 1 N–H and O–H groups in total. The second kappa shape index (κ2) is 11.2. The zero-order valence-electron chi connectivity index (χ0n) is 23.5. The summed E-state index contributed by atoms with van der Waals surface area (Å²) in [6, 6.07) is 15.4. The molecule has 1 atom stereocenters. The predicted molar refractivity (Wildman–Crippen MR) is 152 cm³/mol. The summed E-state index contributed by atoms with van der Waals surface area (Å²) in [6.07, 6.45) is 0. The van der Waals surface area contributed by atoms with Crippen molar-refractivity contribution in [3.63, 3.8) is 0 Å². The highest BCUT2D eigenvalue weighted by Crippen LogP contribution is 2.45. The van der Waals surface area contributed by atoms with E-state index in [1.807, 2.05) is 52.8 Å². The summed E-state index contributed by atoms with van der Waals surface area (Å²) < 4.78 is 16.8. The van der Waals surface area contributed by atoms with Gasteiger partial charge in [-0.3, -0.25) is 14.5 Å². The first kappa shape index (κ1) is 27.8.